The number of para-hydroxylation sites is 1. The van der Waals surface area contributed by atoms with Crippen LogP contribution in [0.15, 0.2) is 71.3 Å². The molecule has 0 bridgehead atoms. The van der Waals surface area contributed by atoms with Crippen LogP contribution >= 0.6 is 0 Å². The molecule has 10 nitrogen and oxygen atoms in total. The molecule has 0 spiro atoms. The van der Waals surface area contributed by atoms with E-state index in [9.17, 15) is 24.5 Å². The van der Waals surface area contributed by atoms with Gasteiger partial charge in [-0.2, -0.15) is 0 Å². The lowest BCUT2D eigenvalue weighted by Gasteiger charge is -2.11. The van der Waals surface area contributed by atoms with Gasteiger partial charge in [0.25, 0.3) is 23.4 Å². The van der Waals surface area contributed by atoms with Crippen molar-refractivity contribution in [1.82, 2.24) is 10.9 Å². The van der Waals surface area contributed by atoms with E-state index >= 15 is 0 Å². The highest BCUT2D eigenvalue weighted by Gasteiger charge is 2.17. The molecule has 0 unspecified atom stereocenters. The SMILES string of the molecule is O=C(NNC(=O)c1ccccc1NC(=O)c1ccco1)c1cccc([N+](=O)[O-])c1. The van der Waals surface area contributed by atoms with Crippen LogP contribution in [0.5, 0.6) is 0 Å². The molecule has 29 heavy (non-hydrogen) atoms. The molecule has 3 rings (SSSR count). The number of amides is 3. The highest BCUT2D eigenvalue weighted by atomic mass is 16.6. The topological polar surface area (TPSA) is 144 Å². The highest BCUT2D eigenvalue weighted by molar-refractivity contribution is 6.08. The van der Waals surface area contributed by atoms with Gasteiger partial charge in [0.05, 0.1) is 22.4 Å². The number of rotatable bonds is 5. The van der Waals surface area contributed by atoms with Gasteiger partial charge in [0.1, 0.15) is 0 Å². The first-order chi connectivity index (χ1) is 14.0. The van der Waals surface area contributed by atoms with Gasteiger partial charge in [-0.25, -0.2) is 0 Å². The zero-order chi connectivity index (χ0) is 20.8. The predicted molar refractivity (Wildman–Crippen MR) is 101 cm³/mol. The third-order valence-electron chi connectivity index (χ3n) is 3.77. The number of furan rings is 1. The van der Waals surface area contributed by atoms with Gasteiger partial charge in [-0.1, -0.05) is 18.2 Å². The van der Waals surface area contributed by atoms with Crippen LogP contribution in [0.4, 0.5) is 11.4 Å². The van der Waals surface area contributed by atoms with E-state index in [-0.39, 0.29) is 28.3 Å². The second-order valence-corrected chi connectivity index (χ2v) is 5.69. The summed E-state index contributed by atoms with van der Waals surface area (Å²) < 4.78 is 5.00. The number of hydrazine groups is 1. The number of nitro benzene ring substituents is 1. The Morgan fingerprint density at radius 1 is 0.862 bits per heavy atom. The monoisotopic (exact) mass is 394 g/mol. The van der Waals surface area contributed by atoms with E-state index in [4.69, 9.17) is 4.42 Å². The van der Waals surface area contributed by atoms with E-state index in [1.165, 1.54) is 42.7 Å². The second-order valence-electron chi connectivity index (χ2n) is 5.69. The van der Waals surface area contributed by atoms with E-state index in [0.29, 0.717) is 0 Å². The van der Waals surface area contributed by atoms with Crippen molar-refractivity contribution >= 4 is 29.1 Å². The van der Waals surface area contributed by atoms with Crippen LogP contribution in [0.2, 0.25) is 0 Å². The first-order valence-corrected chi connectivity index (χ1v) is 8.25. The molecule has 2 aromatic carbocycles. The maximum absolute atomic E-state index is 12.4. The minimum atomic E-state index is -0.737. The van der Waals surface area contributed by atoms with Crippen LogP contribution < -0.4 is 16.2 Å². The van der Waals surface area contributed by atoms with Gasteiger partial charge in [0.15, 0.2) is 5.76 Å². The minimum absolute atomic E-state index is 0.00101. The van der Waals surface area contributed by atoms with Crippen molar-refractivity contribution in [3.05, 3.63) is 93.9 Å². The van der Waals surface area contributed by atoms with Crippen LogP contribution in [-0.2, 0) is 0 Å². The Balaban J connectivity index is 1.68. The lowest BCUT2D eigenvalue weighted by atomic mass is 10.1. The number of non-ortho nitro benzene ring substituents is 1. The Hall–Kier alpha value is -4.47. The molecule has 0 radical (unpaired) electrons. The molecule has 0 aliphatic carbocycles. The number of nitro groups is 1. The van der Waals surface area contributed by atoms with Gasteiger partial charge in [-0.3, -0.25) is 35.3 Å². The van der Waals surface area contributed by atoms with E-state index in [1.807, 2.05) is 0 Å². The fourth-order valence-electron chi connectivity index (χ4n) is 2.40. The summed E-state index contributed by atoms with van der Waals surface area (Å²) in [6.45, 7) is 0. The number of anilines is 1. The van der Waals surface area contributed by atoms with Crippen molar-refractivity contribution < 1.29 is 23.7 Å². The van der Waals surface area contributed by atoms with E-state index in [0.717, 1.165) is 6.07 Å². The molecule has 1 heterocycles. The summed E-state index contributed by atoms with van der Waals surface area (Å²) in [5.74, 6) is -1.91. The first-order valence-electron chi connectivity index (χ1n) is 8.25. The number of benzene rings is 2. The predicted octanol–water partition coefficient (Wildman–Crippen LogP) is 2.51. The molecule has 0 fully saturated rings. The molecular weight excluding hydrogens is 380 g/mol. The standard InChI is InChI=1S/C19H14N4O6/c24-17(12-5-3-6-13(11-12)23(27)28)21-22-18(25)14-7-1-2-8-15(14)20-19(26)16-9-4-10-29-16/h1-11H,(H,20,26)(H,21,24)(H,22,25). The molecular formula is C19H14N4O6. The molecule has 0 saturated carbocycles. The number of hydrogen-bond donors (Lipinski definition) is 3. The Morgan fingerprint density at radius 2 is 1.62 bits per heavy atom. The van der Waals surface area contributed by atoms with E-state index in [1.54, 1.807) is 18.2 Å². The van der Waals surface area contributed by atoms with Gasteiger partial charge in [-0.05, 0) is 30.3 Å². The molecule has 3 N–H and O–H groups in total. The molecule has 10 heteroatoms. The van der Waals surface area contributed by atoms with Crippen LogP contribution in [0.25, 0.3) is 0 Å². The normalized spacial score (nSPS) is 10.1. The summed E-state index contributed by atoms with van der Waals surface area (Å²) in [5, 5.41) is 13.4. The lowest BCUT2D eigenvalue weighted by molar-refractivity contribution is -0.384. The number of nitrogens with zero attached hydrogens (tertiary/aromatic N) is 1. The molecule has 0 saturated heterocycles. The molecule has 0 aliphatic rings. The second kappa shape index (κ2) is 8.48. The summed E-state index contributed by atoms with van der Waals surface area (Å²) in [6, 6.07) is 14.2. The fourth-order valence-corrected chi connectivity index (χ4v) is 2.40. The molecule has 0 aliphatic heterocycles. The Kier molecular flexibility index (Phi) is 5.64. The zero-order valence-corrected chi connectivity index (χ0v) is 14.7. The minimum Gasteiger partial charge on any atom is -0.459 e. The zero-order valence-electron chi connectivity index (χ0n) is 14.7. The van der Waals surface area contributed by atoms with Crippen molar-refractivity contribution in [2.75, 3.05) is 5.32 Å². The van der Waals surface area contributed by atoms with Crippen molar-refractivity contribution in [2.24, 2.45) is 0 Å². The molecule has 1 aromatic heterocycles. The van der Waals surface area contributed by atoms with Gasteiger partial charge in [0, 0.05) is 17.7 Å². The highest BCUT2D eigenvalue weighted by Crippen LogP contribution is 2.17. The average Bonchev–Trinajstić information content (AvgIpc) is 3.27. The van der Waals surface area contributed by atoms with Gasteiger partial charge in [-0.15, -0.1) is 0 Å². The van der Waals surface area contributed by atoms with Crippen molar-refractivity contribution in [3.63, 3.8) is 0 Å². The van der Waals surface area contributed by atoms with Crippen molar-refractivity contribution in [3.8, 4) is 0 Å². The Labute approximate surface area is 163 Å². The van der Waals surface area contributed by atoms with Crippen LogP contribution in [0.3, 0.4) is 0 Å². The third kappa shape index (κ3) is 4.63. The maximum Gasteiger partial charge on any atom is 0.291 e. The summed E-state index contributed by atoms with van der Waals surface area (Å²) in [5.41, 5.74) is 4.43. The molecule has 0 atom stereocenters. The lowest BCUT2D eigenvalue weighted by Crippen LogP contribution is -2.41. The van der Waals surface area contributed by atoms with Gasteiger partial charge < -0.3 is 9.73 Å². The van der Waals surface area contributed by atoms with E-state index in [2.05, 4.69) is 16.2 Å². The Morgan fingerprint density at radius 3 is 2.34 bits per heavy atom. The summed E-state index contributed by atoms with van der Waals surface area (Å²) in [7, 11) is 0. The summed E-state index contributed by atoms with van der Waals surface area (Å²) in [6.07, 6.45) is 1.34. The summed E-state index contributed by atoms with van der Waals surface area (Å²) in [4.78, 5) is 46.9. The van der Waals surface area contributed by atoms with Crippen LogP contribution in [0.1, 0.15) is 31.3 Å². The quantitative estimate of drug-likeness (QED) is 0.448. The first kappa shape index (κ1) is 19.3. The van der Waals surface area contributed by atoms with Crippen LogP contribution in [-0.4, -0.2) is 22.6 Å². The van der Waals surface area contributed by atoms with Gasteiger partial charge >= 0.3 is 0 Å². The average molecular weight is 394 g/mol. The van der Waals surface area contributed by atoms with Gasteiger partial charge in [0.2, 0.25) is 0 Å². The van der Waals surface area contributed by atoms with Crippen molar-refractivity contribution in [2.45, 2.75) is 0 Å². The van der Waals surface area contributed by atoms with E-state index < -0.39 is 22.6 Å². The number of carbonyl (C=O) groups excluding carboxylic acids is 3. The summed E-state index contributed by atoms with van der Waals surface area (Å²) >= 11 is 0. The number of carbonyl (C=O) groups is 3. The maximum atomic E-state index is 12.4. The fraction of sp³-hybridized carbons (Fsp3) is 0. The number of nitrogens with one attached hydrogen (secondary N) is 3. The van der Waals surface area contributed by atoms with Crippen molar-refractivity contribution in [1.29, 1.82) is 0 Å². The molecule has 3 aromatic rings. The number of hydrogen-bond acceptors (Lipinski definition) is 6. The van der Waals surface area contributed by atoms with Crippen LogP contribution in [0, 0.1) is 10.1 Å². The molecule has 3 amide bonds. The smallest absolute Gasteiger partial charge is 0.291 e. The largest absolute Gasteiger partial charge is 0.459 e. The third-order valence-corrected chi connectivity index (χ3v) is 3.77. The Bertz CT molecular complexity index is 1080. The molecule has 146 valence electrons.